The van der Waals surface area contributed by atoms with E-state index in [1.807, 2.05) is 18.2 Å². The average Bonchev–Trinajstić information content (AvgIpc) is 2.89. The van der Waals surface area contributed by atoms with Gasteiger partial charge in [0.05, 0.1) is 13.2 Å². The van der Waals surface area contributed by atoms with E-state index in [1.54, 1.807) is 7.11 Å². The molecule has 1 aliphatic carbocycles. The van der Waals surface area contributed by atoms with E-state index in [2.05, 4.69) is 6.07 Å². The number of rotatable bonds is 3. The molecule has 0 bridgehead atoms. The van der Waals surface area contributed by atoms with Gasteiger partial charge in [-0.15, -0.1) is 0 Å². The van der Waals surface area contributed by atoms with Crippen LogP contribution in [-0.2, 0) is 0 Å². The Labute approximate surface area is 72.1 Å². The van der Waals surface area contributed by atoms with Crippen molar-refractivity contribution in [3.05, 3.63) is 24.3 Å². The molecule has 0 aliphatic heterocycles. The van der Waals surface area contributed by atoms with E-state index in [4.69, 9.17) is 9.47 Å². The van der Waals surface area contributed by atoms with Crippen LogP contribution in [0.5, 0.6) is 11.5 Å². The Morgan fingerprint density at radius 1 is 1.50 bits per heavy atom. The van der Waals surface area contributed by atoms with Crippen molar-refractivity contribution in [2.75, 3.05) is 7.11 Å². The highest BCUT2D eigenvalue weighted by atomic mass is 16.5. The second-order valence-corrected chi connectivity index (χ2v) is 2.88. The summed E-state index contributed by atoms with van der Waals surface area (Å²) in [4.78, 5) is 0. The first-order valence-electron chi connectivity index (χ1n) is 4.11. The van der Waals surface area contributed by atoms with Crippen LogP contribution in [0.25, 0.3) is 0 Å². The number of benzene rings is 1. The molecule has 0 aromatic heterocycles. The van der Waals surface area contributed by atoms with Crippen LogP contribution in [0.1, 0.15) is 12.8 Å². The van der Waals surface area contributed by atoms with Gasteiger partial charge in [0.2, 0.25) is 0 Å². The maximum absolute atomic E-state index is 5.59. The van der Waals surface area contributed by atoms with E-state index in [0.29, 0.717) is 11.9 Å². The van der Waals surface area contributed by atoms with Crippen molar-refractivity contribution in [3.8, 4) is 11.5 Å². The second-order valence-electron chi connectivity index (χ2n) is 2.88. The molecule has 0 unspecified atom stereocenters. The van der Waals surface area contributed by atoms with Gasteiger partial charge in [0.25, 0.3) is 0 Å². The van der Waals surface area contributed by atoms with Gasteiger partial charge < -0.3 is 9.47 Å². The zero-order valence-corrected chi connectivity index (χ0v) is 7.04. The fourth-order valence-corrected chi connectivity index (χ4v) is 1.02. The zero-order chi connectivity index (χ0) is 8.39. The van der Waals surface area contributed by atoms with Gasteiger partial charge in [0.15, 0.2) is 11.5 Å². The molecule has 0 heterocycles. The molecule has 63 valence electrons. The molecule has 1 radical (unpaired) electrons. The monoisotopic (exact) mass is 163 g/mol. The molecular formula is C10H11O2. The molecule has 0 N–H and O–H groups in total. The van der Waals surface area contributed by atoms with Crippen LogP contribution in [0.2, 0.25) is 0 Å². The Hall–Kier alpha value is -1.18. The predicted molar refractivity (Wildman–Crippen MR) is 45.5 cm³/mol. The SMILES string of the molecule is COc1[c]cccc1OC1CC1. The molecule has 12 heavy (non-hydrogen) atoms. The number of methoxy groups -OCH3 is 1. The van der Waals surface area contributed by atoms with Gasteiger partial charge in [-0.05, 0) is 18.9 Å². The highest BCUT2D eigenvalue weighted by Gasteiger charge is 2.24. The van der Waals surface area contributed by atoms with Crippen molar-refractivity contribution in [1.29, 1.82) is 0 Å². The third-order valence-electron chi connectivity index (χ3n) is 1.80. The van der Waals surface area contributed by atoms with Gasteiger partial charge in [0.1, 0.15) is 0 Å². The summed E-state index contributed by atoms with van der Waals surface area (Å²) in [5, 5.41) is 0. The first-order valence-corrected chi connectivity index (χ1v) is 4.11. The zero-order valence-electron chi connectivity index (χ0n) is 7.04. The molecule has 0 atom stereocenters. The van der Waals surface area contributed by atoms with Crippen LogP contribution in [0, 0.1) is 6.07 Å². The highest BCUT2D eigenvalue weighted by molar-refractivity contribution is 5.38. The molecule has 1 aromatic rings. The quantitative estimate of drug-likeness (QED) is 0.678. The van der Waals surface area contributed by atoms with Crippen LogP contribution in [-0.4, -0.2) is 13.2 Å². The lowest BCUT2D eigenvalue weighted by molar-refractivity contribution is 0.282. The largest absolute Gasteiger partial charge is 0.492 e. The fraction of sp³-hybridized carbons (Fsp3) is 0.400. The summed E-state index contributed by atoms with van der Waals surface area (Å²) in [6.45, 7) is 0. The molecule has 1 saturated carbocycles. The number of hydrogen-bond acceptors (Lipinski definition) is 2. The molecule has 0 spiro atoms. The third-order valence-corrected chi connectivity index (χ3v) is 1.80. The lowest BCUT2D eigenvalue weighted by Gasteiger charge is -2.07. The molecule has 1 aliphatic rings. The van der Waals surface area contributed by atoms with E-state index in [-0.39, 0.29) is 0 Å². The molecule has 0 saturated heterocycles. The third kappa shape index (κ3) is 1.52. The molecule has 2 rings (SSSR count). The van der Waals surface area contributed by atoms with Gasteiger partial charge >= 0.3 is 0 Å². The lowest BCUT2D eigenvalue weighted by Crippen LogP contribution is -1.97. The van der Waals surface area contributed by atoms with Crippen molar-refractivity contribution >= 4 is 0 Å². The van der Waals surface area contributed by atoms with Gasteiger partial charge in [0, 0.05) is 6.07 Å². The summed E-state index contributed by atoms with van der Waals surface area (Å²) in [7, 11) is 1.63. The number of para-hydroxylation sites is 1. The minimum Gasteiger partial charge on any atom is -0.492 e. The van der Waals surface area contributed by atoms with Crippen LogP contribution in [0.3, 0.4) is 0 Å². The van der Waals surface area contributed by atoms with E-state index < -0.39 is 0 Å². The maximum Gasteiger partial charge on any atom is 0.168 e. The molecule has 1 aromatic carbocycles. The van der Waals surface area contributed by atoms with Gasteiger partial charge in [-0.25, -0.2) is 0 Å². The van der Waals surface area contributed by atoms with E-state index in [1.165, 1.54) is 0 Å². The maximum atomic E-state index is 5.59. The average molecular weight is 163 g/mol. The normalized spacial score (nSPS) is 15.8. The standard InChI is InChI=1S/C10H11O2/c1-11-9-4-2-3-5-10(9)12-8-6-7-8/h2-3,5,8H,6-7H2,1H3. The highest BCUT2D eigenvalue weighted by Crippen LogP contribution is 2.32. The minimum absolute atomic E-state index is 0.412. The predicted octanol–water partition coefficient (Wildman–Crippen LogP) is 2.04. The number of ether oxygens (including phenoxy) is 2. The summed E-state index contributed by atoms with van der Waals surface area (Å²) in [6, 6.07) is 8.60. The van der Waals surface area contributed by atoms with E-state index >= 15 is 0 Å². The van der Waals surface area contributed by atoms with Crippen LogP contribution in [0.4, 0.5) is 0 Å². The molecule has 2 heteroatoms. The van der Waals surface area contributed by atoms with Crippen LogP contribution >= 0.6 is 0 Å². The number of hydrogen-bond donors (Lipinski definition) is 0. The Bertz CT molecular complexity index is 266. The Morgan fingerprint density at radius 3 is 3.00 bits per heavy atom. The van der Waals surface area contributed by atoms with E-state index in [9.17, 15) is 0 Å². The molecule has 1 fully saturated rings. The van der Waals surface area contributed by atoms with Gasteiger partial charge in [-0.3, -0.25) is 0 Å². The Morgan fingerprint density at radius 2 is 2.33 bits per heavy atom. The topological polar surface area (TPSA) is 18.5 Å². The summed E-state index contributed by atoms with van der Waals surface area (Å²) in [5.74, 6) is 1.51. The molecule has 2 nitrogen and oxygen atoms in total. The Balaban J connectivity index is 2.15. The first-order chi connectivity index (χ1) is 5.90. The molecular weight excluding hydrogens is 152 g/mol. The lowest BCUT2D eigenvalue weighted by atomic mass is 10.3. The van der Waals surface area contributed by atoms with Crippen molar-refractivity contribution in [2.45, 2.75) is 18.9 Å². The van der Waals surface area contributed by atoms with Gasteiger partial charge in [-0.1, -0.05) is 12.1 Å². The second kappa shape index (κ2) is 3.05. The van der Waals surface area contributed by atoms with Crippen molar-refractivity contribution in [1.82, 2.24) is 0 Å². The minimum atomic E-state index is 0.412. The molecule has 0 amide bonds. The van der Waals surface area contributed by atoms with Crippen LogP contribution in [0.15, 0.2) is 18.2 Å². The summed E-state index contributed by atoms with van der Waals surface area (Å²) < 4.78 is 10.7. The van der Waals surface area contributed by atoms with Gasteiger partial charge in [-0.2, -0.15) is 0 Å². The van der Waals surface area contributed by atoms with Crippen molar-refractivity contribution in [3.63, 3.8) is 0 Å². The van der Waals surface area contributed by atoms with Crippen molar-refractivity contribution < 1.29 is 9.47 Å². The smallest absolute Gasteiger partial charge is 0.168 e. The Kier molecular flexibility index (Phi) is 1.90. The fourth-order valence-electron chi connectivity index (χ4n) is 1.02. The summed E-state index contributed by atoms with van der Waals surface area (Å²) >= 11 is 0. The summed E-state index contributed by atoms with van der Waals surface area (Å²) in [5.41, 5.74) is 0. The van der Waals surface area contributed by atoms with Crippen LogP contribution < -0.4 is 9.47 Å². The summed E-state index contributed by atoms with van der Waals surface area (Å²) in [6.07, 6.45) is 2.74. The first kappa shape index (κ1) is 7.47. The van der Waals surface area contributed by atoms with E-state index in [0.717, 1.165) is 18.6 Å². The van der Waals surface area contributed by atoms with Crippen molar-refractivity contribution in [2.24, 2.45) is 0 Å².